The van der Waals surface area contributed by atoms with Gasteiger partial charge in [0.25, 0.3) is 0 Å². The molecule has 0 aliphatic heterocycles. The van der Waals surface area contributed by atoms with Crippen molar-refractivity contribution in [2.24, 2.45) is 10.7 Å². The second-order valence-corrected chi connectivity index (χ2v) is 4.47. The van der Waals surface area contributed by atoms with Gasteiger partial charge in [0.15, 0.2) is 5.96 Å². The molecule has 0 unspecified atom stereocenters. The van der Waals surface area contributed by atoms with Crippen molar-refractivity contribution in [3.05, 3.63) is 0 Å². The molecule has 1 amide bonds. The van der Waals surface area contributed by atoms with Crippen molar-refractivity contribution in [2.45, 2.75) is 38.1 Å². The third kappa shape index (κ3) is 6.70. The Morgan fingerprint density at radius 3 is 2.47 bits per heavy atom. The number of carbonyl (C=O) groups excluding carboxylic acids is 1. The summed E-state index contributed by atoms with van der Waals surface area (Å²) in [6.45, 7) is 0.124. The number of hydrogen-bond donors (Lipinski definition) is 2. The average Bonchev–Trinajstić information content (AvgIpc) is 2.27. The topological polar surface area (TPSA) is 70.7 Å². The van der Waals surface area contributed by atoms with Gasteiger partial charge in [0, 0.05) is 20.1 Å². The molecular formula is C11H23IN4O. The van der Waals surface area contributed by atoms with Crippen LogP contribution in [0, 0.1) is 0 Å². The van der Waals surface area contributed by atoms with E-state index in [9.17, 15) is 4.79 Å². The van der Waals surface area contributed by atoms with Gasteiger partial charge in [-0.15, -0.1) is 24.0 Å². The van der Waals surface area contributed by atoms with Crippen LogP contribution in [0.15, 0.2) is 4.99 Å². The Morgan fingerprint density at radius 2 is 1.94 bits per heavy atom. The van der Waals surface area contributed by atoms with E-state index >= 15 is 0 Å². The van der Waals surface area contributed by atoms with E-state index in [-0.39, 0.29) is 36.4 Å². The lowest BCUT2D eigenvalue weighted by Crippen LogP contribution is -2.41. The van der Waals surface area contributed by atoms with Crippen molar-refractivity contribution in [1.29, 1.82) is 0 Å². The predicted molar refractivity (Wildman–Crippen MR) is 80.6 cm³/mol. The van der Waals surface area contributed by atoms with Gasteiger partial charge in [-0.25, -0.2) is 4.99 Å². The number of nitrogens with two attached hydrogens (primary N) is 1. The van der Waals surface area contributed by atoms with Crippen molar-refractivity contribution >= 4 is 35.8 Å². The highest BCUT2D eigenvalue weighted by Crippen LogP contribution is 2.16. The second kappa shape index (κ2) is 8.54. The van der Waals surface area contributed by atoms with Crippen LogP contribution in [0.3, 0.4) is 0 Å². The van der Waals surface area contributed by atoms with E-state index in [4.69, 9.17) is 5.73 Å². The molecule has 0 aromatic rings. The summed E-state index contributed by atoms with van der Waals surface area (Å²) in [6, 6.07) is 0.437. The van der Waals surface area contributed by atoms with Gasteiger partial charge in [-0.1, -0.05) is 19.3 Å². The zero-order valence-electron chi connectivity index (χ0n) is 10.6. The van der Waals surface area contributed by atoms with Gasteiger partial charge in [-0.05, 0) is 12.8 Å². The molecule has 0 bridgehead atoms. The van der Waals surface area contributed by atoms with Gasteiger partial charge in [0.05, 0.1) is 0 Å². The zero-order chi connectivity index (χ0) is 12.0. The smallest absolute Gasteiger partial charge is 0.243 e. The third-order valence-corrected chi connectivity index (χ3v) is 2.84. The van der Waals surface area contributed by atoms with E-state index in [1.807, 2.05) is 0 Å². The van der Waals surface area contributed by atoms with Crippen LogP contribution in [0.4, 0.5) is 0 Å². The summed E-state index contributed by atoms with van der Waals surface area (Å²) in [6.07, 6.45) is 6.12. The minimum atomic E-state index is -0.0339. The van der Waals surface area contributed by atoms with Crippen LogP contribution >= 0.6 is 24.0 Å². The van der Waals surface area contributed by atoms with Gasteiger partial charge in [-0.2, -0.15) is 0 Å². The fourth-order valence-electron chi connectivity index (χ4n) is 1.80. The lowest BCUT2D eigenvalue weighted by atomic mass is 9.96. The Balaban J connectivity index is 0.00000256. The molecule has 0 radical (unpaired) electrons. The summed E-state index contributed by atoms with van der Waals surface area (Å²) in [5.74, 6) is 0.357. The van der Waals surface area contributed by atoms with E-state index < -0.39 is 0 Å². The highest BCUT2D eigenvalue weighted by Gasteiger charge is 2.13. The van der Waals surface area contributed by atoms with Gasteiger partial charge < -0.3 is 16.0 Å². The summed E-state index contributed by atoms with van der Waals surface area (Å²) < 4.78 is 0. The number of nitrogens with one attached hydrogen (secondary N) is 1. The Morgan fingerprint density at radius 1 is 1.35 bits per heavy atom. The molecule has 0 spiro atoms. The summed E-state index contributed by atoms with van der Waals surface area (Å²) in [5, 5.41) is 3.17. The molecule has 6 heteroatoms. The monoisotopic (exact) mass is 354 g/mol. The SMILES string of the molecule is CN(C)C(=O)CN=C(N)NC1CCCCC1.I. The van der Waals surface area contributed by atoms with Crippen LogP contribution in [0.2, 0.25) is 0 Å². The van der Waals surface area contributed by atoms with E-state index in [2.05, 4.69) is 10.3 Å². The molecule has 0 aromatic carbocycles. The number of rotatable bonds is 3. The number of carbonyl (C=O) groups is 1. The maximum absolute atomic E-state index is 11.3. The Bertz CT molecular complexity index is 262. The average molecular weight is 354 g/mol. The van der Waals surface area contributed by atoms with Crippen LogP contribution < -0.4 is 11.1 Å². The van der Waals surface area contributed by atoms with Crippen molar-refractivity contribution < 1.29 is 4.79 Å². The molecule has 17 heavy (non-hydrogen) atoms. The molecular weight excluding hydrogens is 331 g/mol. The molecule has 100 valence electrons. The molecule has 1 aliphatic rings. The maximum atomic E-state index is 11.3. The number of likely N-dealkylation sites (N-methyl/N-ethyl adjacent to an activating group) is 1. The van der Waals surface area contributed by atoms with E-state index in [0.29, 0.717) is 12.0 Å². The van der Waals surface area contributed by atoms with Crippen molar-refractivity contribution in [3.8, 4) is 0 Å². The molecule has 0 saturated heterocycles. The molecule has 3 N–H and O–H groups in total. The molecule has 0 heterocycles. The van der Waals surface area contributed by atoms with Gasteiger partial charge in [-0.3, -0.25) is 4.79 Å². The first-order chi connectivity index (χ1) is 7.59. The molecule has 1 saturated carbocycles. The van der Waals surface area contributed by atoms with Gasteiger partial charge in [0.2, 0.25) is 5.91 Å². The van der Waals surface area contributed by atoms with Crippen molar-refractivity contribution in [3.63, 3.8) is 0 Å². The van der Waals surface area contributed by atoms with E-state index in [0.717, 1.165) is 12.8 Å². The first kappa shape index (κ1) is 16.5. The molecule has 0 atom stereocenters. The second-order valence-electron chi connectivity index (χ2n) is 4.47. The van der Waals surface area contributed by atoms with Crippen molar-refractivity contribution in [2.75, 3.05) is 20.6 Å². The van der Waals surface area contributed by atoms with Crippen molar-refractivity contribution in [1.82, 2.24) is 10.2 Å². The maximum Gasteiger partial charge on any atom is 0.243 e. The molecule has 1 aliphatic carbocycles. The predicted octanol–water partition coefficient (Wildman–Crippen LogP) is 0.930. The molecule has 0 aromatic heterocycles. The number of nitrogens with zero attached hydrogens (tertiary/aromatic N) is 2. The number of guanidine groups is 1. The van der Waals surface area contributed by atoms with Gasteiger partial charge in [0.1, 0.15) is 6.54 Å². The van der Waals surface area contributed by atoms with Crippen LogP contribution in [-0.4, -0.2) is 43.4 Å². The fraction of sp³-hybridized carbons (Fsp3) is 0.818. The lowest BCUT2D eigenvalue weighted by molar-refractivity contribution is -0.127. The Kier molecular flexibility index (Phi) is 8.28. The standard InChI is InChI=1S/C11H22N4O.HI/c1-15(2)10(16)8-13-11(12)14-9-6-4-3-5-7-9;/h9H,3-8H2,1-2H3,(H3,12,13,14);1H. The lowest BCUT2D eigenvalue weighted by Gasteiger charge is -2.23. The first-order valence-electron chi connectivity index (χ1n) is 5.86. The molecule has 1 fully saturated rings. The largest absolute Gasteiger partial charge is 0.370 e. The van der Waals surface area contributed by atoms with E-state index in [1.54, 1.807) is 14.1 Å². The zero-order valence-corrected chi connectivity index (χ0v) is 12.9. The van der Waals surface area contributed by atoms with Crippen LogP contribution in [0.25, 0.3) is 0 Å². The Hall–Kier alpha value is -0.530. The van der Waals surface area contributed by atoms with Crippen LogP contribution in [-0.2, 0) is 4.79 Å². The fourth-order valence-corrected chi connectivity index (χ4v) is 1.80. The minimum absolute atomic E-state index is 0. The summed E-state index contributed by atoms with van der Waals surface area (Å²) in [5.41, 5.74) is 5.72. The highest BCUT2D eigenvalue weighted by atomic mass is 127. The van der Waals surface area contributed by atoms with Crippen LogP contribution in [0.5, 0.6) is 0 Å². The number of halogens is 1. The normalized spacial score (nSPS) is 17.2. The Labute approximate surface area is 120 Å². The minimum Gasteiger partial charge on any atom is -0.370 e. The highest BCUT2D eigenvalue weighted by molar-refractivity contribution is 14.0. The third-order valence-electron chi connectivity index (χ3n) is 2.84. The molecule has 5 nitrogen and oxygen atoms in total. The van der Waals surface area contributed by atoms with Gasteiger partial charge >= 0.3 is 0 Å². The quantitative estimate of drug-likeness (QED) is 0.450. The first-order valence-corrected chi connectivity index (χ1v) is 5.86. The number of aliphatic imine (C=N–C) groups is 1. The number of amides is 1. The number of hydrogen-bond acceptors (Lipinski definition) is 2. The summed E-state index contributed by atoms with van der Waals surface area (Å²) in [4.78, 5) is 16.8. The van der Waals surface area contributed by atoms with Crippen LogP contribution in [0.1, 0.15) is 32.1 Å². The molecule has 1 rings (SSSR count). The summed E-state index contributed by atoms with van der Waals surface area (Å²) in [7, 11) is 3.42. The summed E-state index contributed by atoms with van der Waals surface area (Å²) >= 11 is 0. The van der Waals surface area contributed by atoms with E-state index in [1.165, 1.54) is 24.2 Å².